The van der Waals surface area contributed by atoms with Crippen LogP contribution in [0.4, 0.5) is 4.39 Å². The molecule has 0 saturated carbocycles. The predicted octanol–water partition coefficient (Wildman–Crippen LogP) is 4.77. The van der Waals surface area contributed by atoms with Crippen molar-refractivity contribution < 1.29 is 18.7 Å². The van der Waals surface area contributed by atoms with Gasteiger partial charge in [0.2, 0.25) is 0 Å². The van der Waals surface area contributed by atoms with Gasteiger partial charge in [0.25, 0.3) is 5.91 Å². The number of aliphatic imine (C=N–C) groups is 1. The summed E-state index contributed by atoms with van der Waals surface area (Å²) in [6.07, 6.45) is 3.74. The summed E-state index contributed by atoms with van der Waals surface area (Å²) >= 11 is 1.34. The molecule has 9 heteroatoms. The van der Waals surface area contributed by atoms with Crippen LogP contribution in [-0.4, -0.2) is 58.2 Å². The van der Waals surface area contributed by atoms with Gasteiger partial charge in [-0.15, -0.1) is 0 Å². The van der Waals surface area contributed by atoms with Gasteiger partial charge in [0.05, 0.1) is 29.9 Å². The third kappa shape index (κ3) is 4.87. The average Bonchev–Trinajstić information content (AvgIpc) is 3.43. The molecule has 2 aliphatic heterocycles. The second-order valence-corrected chi connectivity index (χ2v) is 9.54. The highest BCUT2D eigenvalue weighted by Crippen LogP contribution is 2.35. The van der Waals surface area contributed by atoms with Crippen molar-refractivity contribution in [3.05, 3.63) is 71.0 Å². The molecule has 1 aromatic heterocycles. The SMILES string of the molecule is COc1ccc(-c2nn(-c3ccccc3)cc2/C=C2\SC(N3C[C@@H](C)O[C@@H](C)C3)=NC2=O)cc1F. The molecule has 180 valence electrons. The van der Waals surface area contributed by atoms with Crippen molar-refractivity contribution in [1.29, 1.82) is 0 Å². The van der Waals surface area contributed by atoms with Gasteiger partial charge in [-0.2, -0.15) is 10.1 Å². The summed E-state index contributed by atoms with van der Waals surface area (Å²) in [6.45, 7) is 5.39. The minimum Gasteiger partial charge on any atom is -0.494 e. The largest absolute Gasteiger partial charge is 0.494 e. The first-order valence-corrected chi connectivity index (χ1v) is 12.1. The molecule has 5 rings (SSSR count). The summed E-state index contributed by atoms with van der Waals surface area (Å²) in [5, 5.41) is 5.40. The van der Waals surface area contributed by atoms with Gasteiger partial charge in [-0.25, -0.2) is 9.07 Å². The first-order valence-electron chi connectivity index (χ1n) is 11.3. The number of amides is 1. The van der Waals surface area contributed by atoms with Crippen LogP contribution < -0.4 is 4.74 Å². The number of para-hydroxylation sites is 1. The molecule has 0 unspecified atom stereocenters. The number of carbonyl (C=O) groups excluding carboxylic acids is 1. The third-order valence-electron chi connectivity index (χ3n) is 5.77. The van der Waals surface area contributed by atoms with Crippen LogP contribution in [0.15, 0.2) is 64.6 Å². The zero-order chi connectivity index (χ0) is 24.5. The summed E-state index contributed by atoms with van der Waals surface area (Å²) in [4.78, 5) is 19.7. The standard InChI is InChI=1S/C26H25FN4O3S/c1-16-13-30(14-17(2)34-16)26-28-25(32)23(35-26)12-19-15-31(20-7-5-4-6-8-20)29-24(19)18-9-10-22(33-3)21(27)11-18/h4-12,15-17H,13-14H2,1-3H3/b23-12-/t16-,17+. The summed E-state index contributed by atoms with van der Waals surface area (Å²) in [5.41, 5.74) is 2.68. The third-order valence-corrected chi connectivity index (χ3v) is 6.82. The van der Waals surface area contributed by atoms with E-state index in [0.717, 1.165) is 5.69 Å². The Morgan fingerprint density at radius 1 is 1.14 bits per heavy atom. The molecule has 2 aromatic carbocycles. The van der Waals surface area contributed by atoms with E-state index in [9.17, 15) is 9.18 Å². The van der Waals surface area contributed by atoms with Crippen LogP contribution in [0.5, 0.6) is 5.75 Å². The fourth-order valence-corrected chi connectivity index (χ4v) is 5.17. The zero-order valence-corrected chi connectivity index (χ0v) is 20.5. The highest BCUT2D eigenvalue weighted by molar-refractivity contribution is 8.18. The Balaban J connectivity index is 1.51. The maximum absolute atomic E-state index is 14.5. The van der Waals surface area contributed by atoms with Crippen LogP contribution in [-0.2, 0) is 9.53 Å². The van der Waals surface area contributed by atoms with Gasteiger partial charge in [0.15, 0.2) is 16.7 Å². The summed E-state index contributed by atoms with van der Waals surface area (Å²) in [7, 11) is 1.43. The van der Waals surface area contributed by atoms with Crippen molar-refractivity contribution in [2.24, 2.45) is 4.99 Å². The molecule has 1 amide bonds. The normalized spacial score (nSPS) is 21.5. The Labute approximate surface area is 207 Å². The summed E-state index contributed by atoms with van der Waals surface area (Å²) in [6, 6.07) is 14.3. The number of methoxy groups -OCH3 is 1. The molecular formula is C26H25FN4O3S. The van der Waals surface area contributed by atoms with E-state index in [1.807, 2.05) is 50.4 Å². The molecule has 7 nitrogen and oxygen atoms in total. The molecule has 0 spiro atoms. The molecule has 0 N–H and O–H groups in total. The topological polar surface area (TPSA) is 68.9 Å². The van der Waals surface area contributed by atoms with E-state index < -0.39 is 5.82 Å². The van der Waals surface area contributed by atoms with Gasteiger partial charge >= 0.3 is 0 Å². The van der Waals surface area contributed by atoms with Crippen LogP contribution in [0.2, 0.25) is 0 Å². The number of amidine groups is 1. The average molecular weight is 493 g/mol. The first kappa shape index (κ1) is 23.3. The number of nitrogens with zero attached hydrogens (tertiary/aromatic N) is 4. The number of hydrogen-bond acceptors (Lipinski definition) is 6. The number of benzene rings is 2. The van der Waals surface area contributed by atoms with Crippen molar-refractivity contribution >= 4 is 28.9 Å². The fourth-order valence-electron chi connectivity index (χ4n) is 4.25. The molecule has 0 aliphatic carbocycles. The zero-order valence-electron chi connectivity index (χ0n) is 19.6. The van der Waals surface area contributed by atoms with Gasteiger partial charge < -0.3 is 14.4 Å². The van der Waals surface area contributed by atoms with Crippen molar-refractivity contribution in [3.63, 3.8) is 0 Å². The molecule has 35 heavy (non-hydrogen) atoms. The lowest BCUT2D eigenvalue weighted by Crippen LogP contribution is -2.47. The number of morpholine rings is 1. The smallest absolute Gasteiger partial charge is 0.286 e. The second kappa shape index (κ2) is 9.67. The number of ether oxygens (including phenoxy) is 2. The van der Waals surface area contributed by atoms with Crippen LogP contribution in [0, 0.1) is 5.82 Å². The number of hydrogen-bond donors (Lipinski definition) is 0. The quantitative estimate of drug-likeness (QED) is 0.489. The molecule has 3 heterocycles. The maximum atomic E-state index is 14.5. The lowest BCUT2D eigenvalue weighted by Gasteiger charge is -2.35. The van der Waals surface area contributed by atoms with Gasteiger partial charge in [-0.05, 0) is 62.0 Å². The Hall–Kier alpha value is -3.43. The minimum absolute atomic E-state index is 0.0610. The maximum Gasteiger partial charge on any atom is 0.286 e. The number of rotatable bonds is 4. The highest BCUT2D eigenvalue weighted by atomic mass is 32.2. The molecule has 0 bridgehead atoms. The number of halogens is 1. The molecular weight excluding hydrogens is 467 g/mol. The predicted molar refractivity (Wildman–Crippen MR) is 135 cm³/mol. The molecule has 1 saturated heterocycles. The molecule has 1 fully saturated rings. The van der Waals surface area contributed by atoms with E-state index in [-0.39, 0.29) is 23.9 Å². The highest BCUT2D eigenvalue weighted by Gasteiger charge is 2.31. The van der Waals surface area contributed by atoms with Crippen molar-refractivity contribution in [2.45, 2.75) is 26.1 Å². The summed E-state index contributed by atoms with van der Waals surface area (Å²) in [5.74, 6) is -0.619. The number of aromatic nitrogens is 2. The van der Waals surface area contributed by atoms with E-state index in [4.69, 9.17) is 14.6 Å². The Morgan fingerprint density at radius 2 is 1.89 bits per heavy atom. The first-order chi connectivity index (χ1) is 16.9. The van der Waals surface area contributed by atoms with Crippen LogP contribution in [0.3, 0.4) is 0 Å². The van der Waals surface area contributed by atoms with E-state index >= 15 is 0 Å². The van der Waals surface area contributed by atoms with Gasteiger partial charge in [0.1, 0.15) is 5.69 Å². The molecule has 0 radical (unpaired) electrons. The van der Waals surface area contributed by atoms with Crippen molar-refractivity contribution in [2.75, 3.05) is 20.2 Å². The van der Waals surface area contributed by atoms with Crippen molar-refractivity contribution in [1.82, 2.24) is 14.7 Å². The lowest BCUT2D eigenvalue weighted by atomic mass is 10.1. The Bertz CT molecular complexity index is 1310. The summed E-state index contributed by atoms with van der Waals surface area (Å²) < 4.78 is 27.1. The van der Waals surface area contributed by atoms with Crippen LogP contribution >= 0.6 is 11.8 Å². The molecule has 2 aliphatic rings. The number of thioether (sulfide) groups is 1. The molecule has 3 aromatic rings. The van der Waals surface area contributed by atoms with Crippen LogP contribution in [0.25, 0.3) is 23.0 Å². The van der Waals surface area contributed by atoms with Gasteiger partial charge in [-0.3, -0.25) is 4.79 Å². The van der Waals surface area contributed by atoms with Crippen molar-refractivity contribution in [3.8, 4) is 22.7 Å². The van der Waals surface area contributed by atoms with E-state index in [2.05, 4.69) is 9.89 Å². The monoisotopic (exact) mass is 492 g/mol. The van der Waals surface area contributed by atoms with Gasteiger partial charge in [0, 0.05) is 30.4 Å². The van der Waals surface area contributed by atoms with Gasteiger partial charge in [-0.1, -0.05) is 18.2 Å². The Kier molecular flexibility index (Phi) is 6.44. The Morgan fingerprint density at radius 3 is 2.57 bits per heavy atom. The van der Waals surface area contributed by atoms with E-state index in [1.54, 1.807) is 22.9 Å². The minimum atomic E-state index is -0.481. The molecule has 2 atom stereocenters. The van der Waals surface area contributed by atoms with E-state index in [0.29, 0.717) is 40.0 Å². The van der Waals surface area contributed by atoms with E-state index in [1.165, 1.54) is 24.9 Å². The number of carbonyl (C=O) groups is 1. The fraction of sp³-hybridized carbons (Fsp3) is 0.269. The van der Waals surface area contributed by atoms with Crippen LogP contribution in [0.1, 0.15) is 19.4 Å². The second-order valence-electron chi connectivity index (χ2n) is 8.53. The lowest BCUT2D eigenvalue weighted by molar-refractivity contribution is -0.113.